The molecule has 1 aromatic carbocycles. The average Bonchev–Trinajstić information content (AvgIpc) is 2.84. The monoisotopic (exact) mass is 314 g/mol. The largest absolute Gasteiger partial charge is 0.398 e. The lowest BCUT2D eigenvalue weighted by molar-refractivity contribution is -0.214. The van der Waals surface area contributed by atoms with E-state index in [1.54, 1.807) is 0 Å². The molecular formula is C14H14F4N4. The SMILES string of the molecule is Nc1ccc(F)cc1-c1cn(C[C@@H]2CC[C@H]2C(F)(F)F)nn1. The molecule has 0 bridgehead atoms. The van der Waals surface area contributed by atoms with Crippen LogP contribution in [0.2, 0.25) is 0 Å². The van der Waals surface area contributed by atoms with Crippen LogP contribution >= 0.6 is 0 Å². The van der Waals surface area contributed by atoms with Gasteiger partial charge in [-0.1, -0.05) is 5.21 Å². The highest BCUT2D eigenvalue weighted by molar-refractivity contribution is 5.72. The number of anilines is 1. The highest BCUT2D eigenvalue weighted by Gasteiger charge is 2.49. The van der Waals surface area contributed by atoms with E-state index in [0.29, 0.717) is 23.4 Å². The maximum Gasteiger partial charge on any atom is 0.392 e. The molecule has 2 atom stereocenters. The van der Waals surface area contributed by atoms with E-state index in [1.807, 2.05) is 0 Å². The number of aromatic nitrogens is 3. The first kappa shape index (κ1) is 14.8. The molecule has 2 aromatic rings. The molecule has 8 heteroatoms. The van der Waals surface area contributed by atoms with E-state index in [2.05, 4.69) is 10.3 Å². The normalized spacial score (nSPS) is 21.6. The fraction of sp³-hybridized carbons (Fsp3) is 0.429. The van der Waals surface area contributed by atoms with Crippen LogP contribution in [0.25, 0.3) is 11.3 Å². The minimum Gasteiger partial charge on any atom is -0.398 e. The van der Waals surface area contributed by atoms with Crippen LogP contribution in [0.5, 0.6) is 0 Å². The van der Waals surface area contributed by atoms with Crippen molar-refractivity contribution in [3.63, 3.8) is 0 Å². The molecule has 4 nitrogen and oxygen atoms in total. The molecule has 0 amide bonds. The maximum atomic E-state index is 13.3. The van der Waals surface area contributed by atoms with Crippen molar-refractivity contribution < 1.29 is 17.6 Å². The van der Waals surface area contributed by atoms with Crippen molar-refractivity contribution in [2.24, 2.45) is 11.8 Å². The van der Waals surface area contributed by atoms with Crippen molar-refractivity contribution in [1.29, 1.82) is 0 Å². The molecule has 0 radical (unpaired) electrons. The topological polar surface area (TPSA) is 56.7 Å². The summed E-state index contributed by atoms with van der Waals surface area (Å²) in [6.45, 7) is 0.145. The molecule has 1 aromatic heterocycles. The molecular weight excluding hydrogens is 300 g/mol. The van der Waals surface area contributed by atoms with Crippen LogP contribution in [0.4, 0.5) is 23.2 Å². The predicted molar refractivity (Wildman–Crippen MR) is 72.1 cm³/mol. The zero-order valence-electron chi connectivity index (χ0n) is 11.5. The van der Waals surface area contributed by atoms with Gasteiger partial charge in [-0.25, -0.2) is 4.39 Å². The smallest absolute Gasteiger partial charge is 0.392 e. The van der Waals surface area contributed by atoms with Gasteiger partial charge in [-0.3, -0.25) is 4.68 Å². The Bertz CT molecular complexity index is 680. The van der Waals surface area contributed by atoms with Gasteiger partial charge in [0.05, 0.1) is 12.1 Å². The van der Waals surface area contributed by atoms with Crippen molar-refractivity contribution in [1.82, 2.24) is 15.0 Å². The van der Waals surface area contributed by atoms with Gasteiger partial charge < -0.3 is 5.73 Å². The van der Waals surface area contributed by atoms with E-state index in [-0.39, 0.29) is 13.0 Å². The molecule has 1 aliphatic carbocycles. The van der Waals surface area contributed by atoms with Gasteiger partial charge >= 0.3 is 6.18 Å². The number of rotatable bonds is 3. The first-order chi connectivity index (χ1) is 10.3. The van der Waals surface area contributed by atoms with Crippen LogP contribution in [-0.4, -0.2) is 21.2 Å². The summed E-state index contributed by atoms with van der Waals surface area (Å²) in [6, 6.07) is 3.87. The van der Waals surface area contributed by atoms with Gasteiger partial charge in [0.2, 0.25) is 0 Å². The standard InChI is InChI=1S/C14H14F4N4/c15-9-2-4-12(19)10(5-9)13-7-22(21-20-13)6-8-1-3-11(8)14(16,17)18/h2,4-5,7-8,11H,1,3,6,19H2/t8-,11+/m0/s1. The lowest BCUT2D eigenvalue weighted by atomic mass is 9.73. The van der Waals surface area contributed by atoms with E-state index >= 15 is 0 Å². The Kier molecular flexibility index (Phi) is 3.54. The van der Waals surface area contributed by atoms with Crippen LogP contribution in [0.15, 0.2) is 24.4 Å². The Morgan fingerprint density at radius 2 is 2.05 bits per heavy atom. The van der Waals surface area contributed by atoms with E-state index in [9.17, 15) is 17.6 Å². The maximum absolute atomic E-state index is 13.3. The predicted octanol–water partition coefficient (Wildman–Crippen LogP) is 3.25. The Balaban J connectivity index is 1.76. The molecule has 1 heterocycles. The van der Waals surface area contributed by atoms with Gasteiger partial charge in [0.25, 0.3) is 0 Å². The van der Waals surface area contributed by atoms with Crippen LogP contribution in [-0.2, 0) is 6.54 Å². The summed E-state index contributed by atoms with van der Waals surface area (Å²) >= 11 is 0. The van der Waals surface area contributed by atoms with Crippen LogP contribution in [0.3, 0.4) is 0 Å². The third-order valence-electron chi connectivity index (χ3n) is 4.09. The summed E-state index contributed by atoms with van der Waals surface area (Å²) in [5.74, 6) is -2.23. The number of halogens is 4. The number of nitrogen functional groups attached to an aromatic ring is 1. The summed E-state index contributed by atoms with van der Waals surface area (Å²) in [4.78, 5) is 0. The first-order valence-electron chi connectivity index (χ1n) is 6.87. The Morgan fingerprint density at radius 3 is 2.68 bits per heavy atom. The lowest BCUT2D eigenvalue weighted by Gasteiger charge is -2.37. The highest BCUT2D eigenvalue weighted by atomic mass is 19.4. The van der Waals surface area contributed by atoms with E-state index in [4.69, 9.17) is 5.73 Å². The molecule has 1 fully saturated rings. The quantitative estimate of drug-likeness (QED) is 0.699. The van der Waals surface area contributed by atoms with Crippen molar-refractivity contribution in [3.05, 3.63) is 30.2 Å². The van der Waals surface area contributed by atoms with Gasteiger partial charge in [-0.05, 0) is 37.0 Å². The van der Waals surface area contributed by atoms with Crippen LogP contribution < -0.4 is 5.73 Å². The van der Waals surface area contributed by atoms with Gasteiger partial charge in [0.15, 0.2) is 0 Å². The fourth-order valence-corrected chi connectivity index (χ4v) is 2.72. The summed E-state index contributed by atoms with van der Waals surface area (Å²) in [5, 5.41) is 7.70. The molecule has 1 saturated carbocycles. The third kappa shape index (κ3) is 2.77. The molecule has 118 valence electrons. The molecule has 0 aliphatic heterocycles. The van der Waals surface area contributed by atoms with E-state index in [1.165, 1.54) is 29.1 Å². The summed E-state index contributed by atoms with van der Waals surface area (Å²) < 4.78 is 52.8. The molecule has 0 unspecified atom stereocenters. The zero-order valence-corrected chi connectivity index (χ0v) is 11.5. The van der Waals surface area contributed by atoms with Gasteiger partial charge in [0, 0.05) is 17.8 Å². The average molecular weight is 314 g/mol. The lowest BCUT2D eigenvalue weighted by Crippen LogP contribution is -2.40. The van der Waals surface area contributed by atoms with Crippen LogP contribution in [0, 0.1) is 17.7 Å². The Hall–Kier alpha value is -2.12. The zero-order chi connectivity index (χ0) is 15.9. The molecule has 0 spiro atoms. The number of hydrogen-bond acceptors (Lipinski definition) is 3. The van der Waals surface area contributed by atoms with Gasteiger partial charge in [-0.15, -0.1) is 5.10 Å². The number of alkyl halides is 3. The minimum absolute atomic E-state index is 0.145. The number of benzene rings is 1. The third-order valence-corrected chi connectivity index (χ3v) is 4.09. The molecule has 1 aliphatic rings. The summed E-state index contributed by atoms with van der Waals surface area (Å²) in [5.41, 5.74) is 6.82. The molecule has 0 saturated heterocycles. The number of nitrogens with two attached hydrogens (primary N) is 1. The van der Waals surface area contributed by atoms with Crippen molar-refractivity contribution in [2.75, 3.05) is 5.73 Å². The van der Waals surface area contributed by atoms with Crippen LogP contribution in [0.1, 0.15) is 12.8 Å². The second-order valence-corrected chi connectivity index (χ2v) is 5.54. The van der Waals surface area contributed by atoms with Crippen molar-refractivity contribution >= 4 is 5.69 Å². The summed E-state index contributed by atoms with van der Waals surface area (Å²) in [7, 11) is 0. The molecule has 22 heavy (non-hydrogen) atoms. The summed E-state index contributed by atoms with van der Waals surface area (Å²) in [6.07, 6.45) is -2.00. The second-order valence-electron chi connectivity index (χ2n) is 5.54. The minimum atomic E-state index is -4.17. The molecule has 2 N–H and O–H groups in total. The molecule has 3 rings (SSSR count). The number of nitrogens with zero attached hydrogens (tertiary/aromatic N) is 3. The Labute approximate surface area is 123 Å². The first-order valence-corrected chi connectivity index (χ1v) is 6.87. The fourth-order valence-electron chi connectivity index (χ4n) is 2.72. The number of hydrogen-bond donors (Lipinski definition) is 1. The van der Waals surface area contributed by atoms with Crippen molar-refractivity contribution in [2.45, 2.75) is 25.6 Å². The highest BCUT2D eigenvalue weighted by Crippen LogP contribution is 2.46. The van der Waals surface area contributed by atoms with Gasteiger partial charge in [-0.2, -0.15) is 13.2 Å². The van der Waals surface area contributed by atoms with E-state index < -0.39 is 23.8 Å². The Morgan fingerprint density at radius 1 is 1.27 bits per heavy atom. The van der Waals surface area contributed by atoms with Gasteiger partial charge in [0.1, 0.15) is 11.5 Å². The van der Waals surface area contributed by atoms with E-state index in [0.717, 1.165) is 0 Å². The van der Waals surface area contributed by atoms with Crippen molar-refractivity contribution in [3.8, 4) is 11.3 Å². The second kappa shape index (κ2) is 5.26.